The fraction of sp³-hybridized carbons (Fsp3) is 0.867. The van der Waals surface area contributed by atoms with Crippen LogP contribution in [0.25, 0.3) is 0 Å². The van der Waals surface area contributed by atoms with Crippen LogP contribution in [0.3, 0.4) is 0 Å². The SMILES string of the molecule is COC(=O)[C@H]1O[C@@H](O[C@H]2[C@H](O[C@H]3CC[C@]4(C)[C@H]5C(=O)C=C6[C@H]7C[C@@](C)(C(=O)OC)CC[C@]7(C)CC[C@@]6(C)[C@]5(C)CC[C@H]4C3(C)C)O[C@H](C(=O)OC)[C@@H](O)[C@@H]2O)[C@H](O)[C@@H](O)[C@@H]1O. The van der Waals surface area contributed by atoms with Crippen LogP contribution < -0.4 is 0 Å². The van der Waals surface area contributed by atoms with Crippen molar-refractivity contribution in [2.24, 2.45) is 50.2 Å². The highest BCUT2D eigenvalue weighted by Crippen LogP contribution is 2.75. The van der Waals surface area contributed by atoms with E-state index in [1.807, 2.05) is 13.0 Å². The van der Waals surface area contributed by atoms with Crippen LogP contribution in [-0.2, 0) is 52.3 Å². The number of carbonyl (C=O) groups excluding carboxylic acids is 4. The number of rotatable bonds is 7. The zero-order valence-electron chi connectivity index (χ0n) is 37.3. The number of aliphatic hydroxyl groups is 5. The van der Waals surface area contributed by atoms with E-state index < -0.39 is 95.7 Å². The first kappa shape index (κ1) is 46.5. The summed E-state index contributed by atoms with van der Waals surface area (Å²) in [5.41, 5.74) is -1.21. The first-order valence-corrected chi connectivity index (χ1v) is 21.9. The van der Waals surface area contributed by atoms with Crippen molar-refractivity contribution in [3.8, 4) is 0 Å². The summed E-state index contributed by atoms with van der Waals surface area (Å²) in [7, 11) is 3.59. The molecule has 0 unspecified atom stereocenters. The van der Waals surface area contributed by atoms with Gasteiger partial charge in [-0.05, 0) is 110 Å². The minimum atomic E-state index is -1.93. The lowest BCUT2D eigenvalue weighted by molar-refractivity contribution is -0.371. The number of hydrogen-bond donors (Lipinski definition) is 5. The van der Waals surface area contributed by atoms with E-state index >= 15 is 0 Å². The molecule has 0 amide bonds. The molecule has 2 saturated heterocycles. The van der Waals surface area contributed by atoms with E-state index in [0.29, 0.717) is 19.3 Å². The zero-order valence-corrected chi connectivity index (χ0v) is 37.3. The summed E-state index contributed by atoms with van der Waals surface area (Å²) < 4.78 is 39.1. The molecule has 7 rings (SSSR count). The monoisotopic (exact) mass is 864 g/mol. The molecule has 0 radical (unpaired) electrons. The van der Waals surface area contributed by atoms with Gasteiger partial charge in [0.05, 0.1) is 32.8 Å². The molecule has 0 aromatic carbocycles. The van der Waals surface area contributed by atoms with E-state index in [0.717, 1.165) is 52.7 Å². The number of esters is 3. The maximum atomic E-state index is 15.0. The number of hydrogen-bond acceptors (Lipinski definition) is 16. The molecule has 19 atom stereocenters. The molecule has 0 spiro atoms. The van der Waals surface area contributed by atoms with Crippen molar-refractivity contribution in [2.45, 2.75) is 174 Å². The van der Waals surface area contributed by atoms with Crippen molar-refractivity contribution in [2.75, 3.05) is 21.3 Å². The molecule has 0 bridgehead atoms. The van der Waals surface area contributed by atoms with Crippen LogP contribution in [0.1, 0.15) is 106 Å². The summed E-state index contributed by atoms with van der Waals surface area (Å²) in [5, 5.41) is 54.5. The van der Waals surface area contributed by atoms with Gasteiger partial charge in [0.2, 0.25) is 0 Å². The van der Waals surface area contributed by atoms with Crippen LogP contribution in [0.4, 0.5) is 0 Å². The van der Waals surface area contributed by atoms with Crippen LogP contribution in [0.2, 0.25) is 0 Å². The molecular formula is C45H68O16. The molecule has 0 aromatic heterocycles. The van der Waals surface area contributed by atoms with Gasteiger partial charge in [-0.25, -0.2) is 9.59 Å². The average Bonchev–Trinajstić information content (AvgIpc) is 3.21. The van der Waals surface area contributed by atoms with Gasteiger partial charge in [0, 0.05) is 5.92 Å². The Kier molecular flexibility index (Phi) is 12.1. The van der Waals surface area contributed by atoms with Gasteiger partial charge < -0.3 is 58.7 Å². The molecule has 61 heavy (non-hydrogen) atoms. The molecule has 344 valence electrons. The summed E-state index contributed by atoms with van der Waals surface area (Å²) in [4.78, 5) is 53.4. The van der Waals surface area contributed by atoms with E-state index in [2.05, 4.69) is 46.3 Å². The third-order valence-corrected chi connectivity index (χ3v) is 17.8. The standard InChI is InChI=1S/C45H68O16/c1-40(2)24-11-14-45(7)34(23(46)19-21-22-20-42(4,39(54)57-10)16-15-41(22,3)17-18-44(21,45)6)43(24,5)13-12-25(40)58-38-33(29(50)28(49)32(60-38)36(53)56-9)61-37-30(51)26(47)27(48)31(59-37)35(52)55-8/h19,22,24-34,37-38,47-51H,11-18,20H2,1-10H3/t22-,24+,25+,26+,27+,28+,29+,30-,31+,32+,33-,34-,37+,38-,41-,42+,43+,44-,45-/m1/s1. The van der Waals surface area contributed by atoms with Crippen LogP contribution in [-0.4, -0.2) is 138 Å². The highest BCUT2D eigenvalue weighted by atomic mass is 16.8. The summed E-state index contributed by atoms with van der Waals surface area (Å²) >= 11 is 0. The first-order chi connectivity index (χ1) is 28.4. The third kappa shape index (κ3) is 6.95. The molecule has 2 heterocycles. The van der Waals surface area contributed by atoms with Gasteiger partial charge in [-0.1, -0.05) is 47.1 Å². The Labute approximate surface area is 357 Å². The number of methoxy groups -OCH3 is 3. The van der Waals surface area contributed by atoms with Crippen LogP contribution in [0, 0.1) is 50.2 Å². The Morgan fingerprint density at radius 1 is 0.672 bits per heavy atom. The van der Waals surface area contributed by atoms with Crippen molar-refractivity contribution in [1.29, 1.82) is 0 Å². The zero-order chi connectivity index (χ0) is 45.0. The Bertz CT molecular complexity index is 1780. The number of allylic oxidation sites excluding steroid dienone is 2. The fourth-order valence-corrected chi connectivity index (χ4v) is 13.8. The van der Waals surface area contributed by atoms with Gasteiger partial charge in [0.15, 0.2) is 30.6 Å². The molecule has 7 aliphatic rings. The van der Waals surface area contributed by atoms with Gasteiger partial charge in [-0.2, -0.15) is 0 Å². The summed E-state index contributed by atoms with van der Waals surface area (Å²) in [6.45, 7) is 15.4. The minimum Gasteiger partial charge on any atom is -0.469 e. The quantitative estimate of drug-likeness (QED) is 0.141. The topological polar surface area (TPSA) is 234 Å². The van der Waals surface area contributed by atoms with Crippen molar-refractivity contribution in [1.82, 2.24) is 0 Å². The lowest BCUT2D eigenvalue weighted by atomic mass is 9.33. The molecule has 0 aromatic rings. The number of aliphatic hydroxyl groups excluding tert-OH is 5. The molecule has 6 fully saturated rings. The maximum Gasteiger partial charge on any atom is 0.337 e. The van der Waals surface area contributed by atoms with Crippen LogP contribution in [0.5, 0.6) is 0 Å². The molecule has 5 aliphatic carbocycles. The predicted molar refractivity (Wildman–Crippen MR) is 213 cm³/mol. The van der Waals surface area contributed by atoms with E-state index in [1.54, 1.807) is 0 Å². The molecule has 4 saturated carbocycles. The van der Waals surface area contributed by atoms with Gasteiger partial charge >= 0.3 is 17.9 Å². The van der Waals surface area contributed by atoms with Crippen LogP contribution >= 0.6 is 0 Å². The molecule has 16 heteroatoms. The van der Waals surface area contributed by atoms with Gasteiger partial charge in [-0.3, -0.25) is 9.59 Å². The minimum absolute atomic E-state index is 0.0224. The van der Waals surface area contributed by atoms with E-state index in [1.165, 1.54) is 12.7 Å². The highest BCUT2D eigenvalue weighted by molar-refractivity contribution is 5.95. The maximum absolute atomic E-state index is 15.0. The Morgan fingerprint density at radius 3 is 1.87 bits per heavy atom. The second-order valence-corrected chi connectivity index (χ2v) is 21.2. The summed E-state index contributed by atoms with van der Waals surface area (Å²) in [6, 6.07) is 0. The number of ether oxygens (including phenoxy) is 7. The third-order valence-electron chi connectivity index (χ3n) is 17.8. The molecule has 5 N–H and O–H groups in total. The van der Waals surface area contributed by atoms with Gasteiger partial charge in [0.25, 0.3) is 0 Å². The second kappa shape index (κ2) is 15.9. The summed E-state index contributed by atoms with van der Waals surface area (Å²) in [6.07, 6.45) is -9.88. The molecular weight excluding hydrogens is 796 g/mol. The van der Waals surface area contributed by atoms with Crippen molar-refractivity contribution < 1.29 is 77.9 Å². The van der Waals surface area contributed by atoms with Crippen molar-refractivity contribution in [3.63, 3.8) is 0 Å². The van der Waals surface area contributed by atoms with Crippen molar-refractivity contribution >= 4 is 23.7 Å². The largest absolute Gasteiger partial charge is 0.469 e. The van der Waals surface area contributed by atoms with E-state index in [-0.39, 0.29) is 45.8 Å². The smallest absolute Gasteiger partial charge is 0.337 e. The number of carbonyl (C=O) groups is 4. The number of fused-ring (bicyclic) bond motifs is 7. The predicted octanol–water partition coefficient (Wildman–Crippen LogP) is 2.51. The second-order valence-electron chi connectivity index (χ2n) is 21.2. The normalized spacial score (nSPS) is 50.4. The number of ketones is 1. The Balaban J connectivity index is 1.18. The first-order valence-electron chi connectivity index (χ1n) is 21.9. The Hall–Kier alpha value is -2.54. The van der Waals surface area contributed by atoms with E-state index in [9.17, 15) is 44.7 Å². The Morgan fingerprint density at radius 2 is 1.26 bits per heavy atom. The van der Waals surface area contributed by atoms with Crippen molar-refractivity contribution in [3.05, 3.63) is 11.6 Å². The summed E-state index contributed by atoms with van der Waals surface area (Å²) in [5.74, 6) is -2.39. The average molecular weight is 865 g/mol. The molecule has 16 nitrogen and oxygen atoms in total. The molecule has 2 aliphatic heterocycles. The van der Waals surface area contributed by atoms with Gasteiger partial charge in [-0.15, -0.1) is 0 Å². The van der Waals surface area contributed by atoms with Gasteiger partial charge in [0.1, 0.15) is 36.6 Å². The van der Waals surface area contributed by atoms with Crippen LogP contribution in [0.15, 0.2) is 11.6 Å². The highest BCUT2D eigenvalue weighted by Gasteiger charge is 2.71. The lowest BCUT2D eigenvalue weighted by Crippen LogP contribution is -2.68. The van der Waals surface area contributed by atoms with E-state index in [4.69, 9.17) is 28.4 Å². The lowest BCUT2D eigenvalue weighted by Gasteiger charge is -2.70. The fourth-order valence-electron chi connectivity index (χ4n) is 13.8.